The van der Waals surface area contributed by atoms with Crippen molar-refractivity contribution in [3.05, 3.63) is 35.6 Å². The minimum Gasteiger partial charge on any atom is -0.376 e. The van der Waals surface area contributed by atoms with E-state index in [1.54, 1.807) is 12.1 Å². The number of ether oxygens (including phenoxy) is 1. The van der Waals surface area contributed by atoms with Crippen molar-refractivity contribution in [1.29, 1.82) is 0 Å². The molecule has 2 aliphatic rings. The van der Waals surface area contributed by atoms with Crippen molar-refractivity contribution in [2.45, 2.75) is 50.5 Å². The van der Waals surface area contributed by atoms with E-state index in [0.29, 0.717) is 6.10 Å². The van der Waals surface area contributed by atoms with Gasteiger partial charge in [-0.2, -0.15) is 0 Å². The van der Waals surface area contributed by atoms with Crippen molar-refractivity contribution in [1.82, 2.24) is 10.6 Å². The number of hydrogen-bond acceptors (Lipinski definition) is 2. The van der Waals surface area contributed by atoms with Gasteiger partial charge in [0.15, 0.2) is 5.96 Å². The molecule has 3 rings (SSSR count). The van der Waals surface area contributed by atoms with E-state index in [0.717, 1.165) is 57.9 Å². The lowest BCUT2D eigenvalue weighted by Gasteiger charge is -2.41. The van der Waals surface area contributed by atoms with Crippen molar-refractivity contribution in [2.75, 3.05) is 26.2 Å². The van der Waals surface area contributed by atoms with Crippen molar-refractivity contribution in [3.63, 3.8) is 0 Å². The molecular formula is C19H29FIN3O. The van der Waals surface area contributed by atoms with Crippen LogP contribution in [0.4, 0.5) is 4.39 Å². The SMILES string of the molecule is CCNC(=NCC1(c2ccc(F)cc2)CCC1)NCC1CCCO1.I. The van der Waals surface area contributed by atoms with Gasteiger partial charge in [-0.1, -0.05) is 18.6 Å². The summed E-state index contributed by atoms with van der Waals surface area (Å²) in [5.74, 6) is 0.671. The van der Waals surface area contributed by atoms with Crippen LogP contribution in [0.2, 0.25) is 0 Å². The van der Waals surface area contributed by atoms with Crippen LogP contribution in [-0.4, -0.2) is 38.3 Å². The third-order valence-corrected chi connectivity index (χ3v) is 5.17. The largest absolute Gasteiger partial charge is 0.376 e. The molecule has 0 aromatic heterocycles. The molecule has 0 amide bonds. The minimum atomic E-state index is -0.178. The molecule has 1 aliphatic heterocycles. The Morgan fingerprint density at radius 1 is 1.24 bits per heavy atom. The molecule has 4 nitrogen and oxygen atoms in total. The summed E-state index contributed by atoms with van der Waals surface area (Å²) >= 11 is 0. The summed E-state index contributed by atoms with van der Waals surface area (Å²) in [6.07, 6.45) is 6.01. The van der Waals surface area contributed by atoms with Gasteiger partial charge in [-0.15, -0.1) is 24.0 Å². The Balaban J connectivity index is 0.00000225. The topological polar surface area (TPSA) is 45.7 Å². The molecule has 1 aromatic rings. The molecule has 1 atom stereocenters. The predicted octanol–water partition coefficient (Wildman–Crippen LogP) is 3.60. The molecule has 1 saturated carbocycles. The van der Waals surface area contributed by atoms with Gasteiger partial charge in [-0.3, -0.25) is 4.99 Å². The highest BCUT2D eigenvalue weighted by Crippen LogP contribution is 2.44. The van der Waals surface area contributed by atoms with Crippen LogP contribution >= 0.6 is 24.0 Å². The highest BCUT2D eigenvalue weighted by molar-refractivity contribution is 14.0. The van der Waals surface area contributed by atoms with Crippen LogP contribution in [-0.2, 0) is 10.2 Å². The molecule has 0 bridgehead atoms. The first kappa shape index (κ1) is 20.4. The highest BCUT2D eigenvalue weighted by atomic mass is 127. The average Bonchev–Trinajstić information content (AvgIpc) is 3.06. The summed E-state index contributed by atoms with van der Waals surface area (Å²) in [5, 5.41) is 6.71. The van der Waals surface area contributed by atoms with Gasteiger partial charge in [0.25, 0.3) is 0 Å². The fraction of sp³-hybridized carbons (Fsp3) is 0.632. The summed E-state index contributed by atoms with van der Waals surface area (Å²) in [6.45, 7) is 5.31. The summed E-state index contributed by atoms with van der Waals surface area (Å²) < 4.78 is 18.9. The first-order chi connectivity index (χ1) is 11.7. The van der Waals surface area contributed by atoms with Crippen LogP contribution in [0.15, 0.2) is 29.3 Å². The molecule has 1 aliphatic carbocycles. The number of benzene rings is 1. The maximum absolute atomic E-state index is 13.2. The standard InChI is InChI=1S/C19H28FN3O.HI/c1-2-21-18(22-13-17-5-3-12-24-17)23-14-19(10-4-11-19)15-6-8-16(20)9-7-15;/h6-9,17H,2-5,10-14H2,1H3,(H2,21,22,23);1H. The lowest BCUT2D eigenvalue weighted by atomic mass is 9.64. The Morgan fingerprint density at radius 3 is 2.56 bits per heavy atom. The Morgan fingerprint density at radius 2 is 2.00 bits per heavy atom. The van der Waals surface area contributed by atoms with E-state index in [2.05, 4.69) is 17.6 Å². The summed E-state index contributed by atoms with van der Waals surface area (Å²) in [6, 6.07) is 6.94. The van der Waals surface area contributed by atoms with E-state index >= 15 is 0 Å². The quantitative estimate of drug-likeness (QED) is 0.387. The zero-order chi connectivity index (χ0) is 16.8. The molecule has 1 saturated heterocycles. The zero-order valence-electron chi connectivity index (χ0n) is 14.9. The molecule has 1 unspecified atom stereocenters. The smallest absolute Gasteiger partial charge is 0.191 e. The van der Waals surface area contributed by atoms with Crippen LogP contribution in [0.5, 0.6) is 0 Å². The molecular weight excluding hydrogens is 432 g/mol. The van der Waals surface area contributed by atoms with Gasteiger partial charge in [-0.05, 0) is 50.3 Å². The summed E-state index contributed by atoms with van der Waals surface area (Å²) in [7, 11) is 0. The van der Waals surface area contributed by atoms with Gasteiger partial charge in [-0.25, -0.2) is 4.39 Å². The molecule has 1 aromatic carbocycles. The van der Waals surface area contributed by atoms with Gasteiger partial charge >= 0.3 is 0 Å². The number of rotatable bonds is 6. The van der Waals surface area contributed by atoms with Crippen LogP contribution in [0.25, 0.3) is 0 Å². The molecule has 1 heterocycles. The lowest BCUT2D eigenvalue weighted by Crippen LogP contribution is -2.43. The maximum Gasteiger partial charge on any atom is 0.191 e. The fourth-order valence-corrected chi connectivity index (χ4v) is 3.53. The van der Waals surface area contributed by atoms with Crippen molar-refractivity contribution in [3.8, 4) is 0 Å². The van der Waals surface area contributed by atoms with Crippen molar-refractivity contribution in [2.24, 2.45) is 4.99 Å². The Bertz CT molecular complexity index is 554. The normalized spacial score (nSPS) is 22.0. The van der Waals surface area contributed by atoms with E-state index < -0.39 is 0 Å². The van der Waals surface area contributed by atoms with E-state index in [-0.39, 0.29) is 35.2 Å². The Labute approximate surface area is 167 Å². The van der Waals surface area contributed by atoms with Gasteiger partial charge in [0.1, 0.15) is 5.82 Å². The maximum atomic E-state index is 13.2. The van der Waals surface area contributed by atoms with Crippen LogP contribution in [0.1, 0.15) is 44.6 Å². The predicted molar refractivity (Wildman–Crippen MR) is 110 cm³/mol. The average molecular weight is 461 g/mol. The van der Waals surface area contributed by atoms with E-state index in [9.17, 15) is 4.39 Å². The van der Waals surface area contributed by atoms with Crippen molar-refractivity contribution >= 4 is 29.9 Å². The van der Waals surface area contributed by atoms with Crippen LogP contribution in [0, 0.1) is 5.82 Å². The van der Waals surface area contributed by atoms with Gasteiger partial charge in [0.05, 0.1) is 12.6 Å². The van der Waals surface area contributed by atoms with Crippen LogP contribution < -0.4 is 10.6 Å². The first-order valence-electron chi connectivity index (χ1n) is 9.12. The number of halogens is 2. The molecule has 2 fully saturated rings. The number of nitrogens with zero attached hydrogens (tertiary/aromatic N) is 1. The summed E-state index contributed by atoms with van der Waals surface area (Å²) in [4.78, 5) is 4.81. The third-order valence-electron chi connectivity index (χ3n) is 5.17. The second-order valence-corrected chi connectivity index (χ2v) is 6.85. The fourth-order valence-electron chi connectivity index (χ4n) is 3.53. The highest BCUT2D eigenvalue weighted by Gasteiger charge is 2.38. The van der Waals surface area contributed by atoms with Gasteiger partial charge in [0.2, 0.25) is 0 Å². The zero-order valence-corrected chi connectivity index (χ0v) is 17.2. The molecule has 0 radical (unpaired) electrons. The number of guanidine groups is 1. The second-order valence-electron chi connectivity index (χ2n) is 6.85. The molecule has 0 spiro atoms. The third kappa shape index (κ3) is 5.29. The van der Waals surface area contributed by atoms with E-state index in [4.69, 9.17) is 9.73 Å². The van der Waals surface area contributed by atoms with Crippen molar-refractivity contribution < 1.29 is 9.13 Å². The monoisotopic (exact) mass is 461 g/mol. The second kappa shape index (κ2) is 9.71. The molecule has 2 N–H and O–H groups in total. The summed E-state index contributed by atoms with van der Waals surface area (Å²) in [5.41, 5.74) is 1.27. The number of nitrogens with one attached hydrogen (secondary N) is 2. The van der Waals surface area contributed by atoms with Gasteiger partial charge in [0, 0.05) is 25.1 Å². The Kier molecular flexibility index (Phi) is 7.93. The van der Waals surface area contributed by atoms with E-state index in [1.165, 1.54) is 12.0 Å². The van der Waals surface area contributed by atoms with E-state index in [1.807, 2.05) is 12.1 Å². The minimum absolute atomic E-state index is 0. The Hall–Kier alpha value is -0.890. The molecule has 25 heavy (non-hydrogen) atoms. The molecule has 140 valence electrons. The number of aliphatic imine (C=N–C) groups is 1. The molecule has 6 heteroatoms. The van der Waals surface area contributed by atoms with Gasteiger partial charge < -0.3 is 15.4 Å². The lowest BCUT2D eigenvalue weighted by molar-refractivity contribution is 0.113. The number of hydrogen-bond donors (Lipinski definition) is 2. The van der Waals surface area contributed by atoms with Crippen LogP contribution in [0.3, 0.4) is 0 Å². The first-order valence-corrected chi connectivity index (χ1v) is 9.12.